The van der Waals surface area contributed by atoms with Crippen LogP contribution in [0, 0.1) is 0 Å². The predicted octanol–water partition coefficient (Wildman–Crippen LogP) is 0.936. The fourth-order valence-electron chi connectivity index (χ4n) is 4.67. The third kappa shape index (κ3) is 3.29. The quantitative estimate of drug-likeness (QED) is 0.870. The lowest BCUT2D eigenvalue weighted by Crippen LogP contribution is -2.37. The van der Waals surface area contributed by atoms with E-state index in [4.69, 9.17) is 5.10 Å². The lowest BCUT2D eigenvalue weighted by molar-refractivity contribution is -0.121. The summed E-state index contributed by atoms with van der Waals surface area (Å²) in [6, 6.07) is 3.03. The van der Waals surface area contributed by atoms with Gasteiger partial charge in [0.25, 0.3) is 0 Å². The van der Waals surface area contributed by atoms with E-state index in [1.165, 1.54) is 12.1 Å². The minimum Gasteiger partial charge on any atom is -0.354 e. The Morgan fingerprint density at radius 2 is 2.11 bits per heavy atom. The van der Waals surface area contributed by atoms with E-state index in [0.717, 1.165) is 57.1 Å². The van der Waals surface area contributed by atoms with Crippen molar-refractivity contribution in [3.63, 3.8) is 0 Å². The molecule has 3 aliphatic heterocycles. The van der Waals surface area contributed by atoms with Crippen LogP contribution in [0.5, 0.6) is 0 Å². The lowest BCUT2D eigenvalue weighted by atomic mass is 10.1. The van der Waals surface area contributed by atoms with Crippen molar-refractivity contribution in [3.05, 3.63) is 36.0 Å². The van der Waals surface area contributed by atoms with Crippen LogP contribution < -0.4 is 10.2 Å². The Kier molecular flexibility index (Phi) is 4.27. The van der Waals surface area contributed by atoms with Crippen molar-refractivity contribution in [1.82, 2.24) is 30.0 Å². The van der Waals surface area contributed by atoms with Gasteiger partial charge in [-0.3, -0.25) is 19.4 Å². The molecule has 2 fully saturated rings. The average molecular weight is 367 g/mol. The van der Waals surface area contributed by atoms with E-state index in [0.29, 0.717) is 18.5 Å². The van der Waals surface area contributed by atoms with E-state index >= 15 is 0 Å². The van der Waals surface area contributed by atoms with Gasteiger partial charge < -0.3 is 10.2 Å². The van der Waals surface area contributed by atoms with E-state index in [-0.39, 0.29) is 5.91 Å². The second-order valence-electron chi connectivity index (χ2n) is 7.75. The first-order valence-corrected chi connectivity index (χ1v) is 9.85. The van der Waals surface area contributed by atoms with Crippen LogP contribution in [-0.4, -0.2) is 55.7 Å². The average Bonchev–Trinajstić information content (AvgIpc) is 3.11. The number of rotatable bonds is 3. The van der Waals surface area contributed by atoms with E-state index in [9.17, 15) is 4.79 Å². The van der Waals surface area contributed by atoms with Crippen molar-refractivity contribution in [2.45, 2.75) is 57.4 Å². The number of nitrogens with one attached hydrogen (secondary N) is 1. The zero-order valence-electron chi connectivity index (χ0n) is 15.4. The molecular weight excluding hydrogens is 342 g/mol. The molecule has 2 saturated heterocycles. The van der Waals surface area contributed by atoms with Crippen LogP contribution in [0.1, 0.15) is 37.1 Å². The summed E-state index contributed by atoms with van der Waals surface area (Å²) in [5, 5.41) is 7.93. The van der Waals surface area contributed by atoms with Crippen molar-refractivity contribution in [3.8, 4) is 0 Å². The van der Waals surface area contributed by atoms with Gasteiger partial charge in [0.05, 0.1) is 24.1 Å². The van der Waals surface area contributed by atoms with Gasteiger partial charge >= 0.3 is 0 Å². The van der Waals surface area contributed by atoms with Crippen LogP contribution in [-0.2, 0) is 24.4 Å². The Morgan fingerprint density at radius 3 is 3.00 bits per heavy atom. The van der Waals surface area contributed by atoms with E-state index in [2.05, 4.69) is 35.8 Å². The molecule has 142 valence electrons. The second kappa shape index (κ2) is 6.92. The molecule has 0 aromatic carbocycles. The Hall–Kier alpha value is -2.48. The van der Waals surface area contributed by atoms with Crippen LogP contribution in [0.2, 0.25) is 0 Å². The van der Waals surface area contributed by atoms with E-state index in [1.807, 2.05) is 6.20 Å². The van der Waals surface area contributed by atoms with Gasteiger partial charge in [0, 0.05) is 57.1 Å². The minimum absolute atomic E-state index is 0.187. The molecule has 2 aromatic heterocycles. The van der Waals surface area contributed by atoms with Crippen LogP contribution in [0.25, 0.3) is 0 Å². The molecule has 1 N–H and O–H groups in total. The summed E-state index contributed by atoms with van der Waals surface area (Å²) in [5.74, 6) is 1.11. The van der Waals surface area contributed by atoms with Gasteiger partial charge in [0.1, 0.15) is 5.82 Å². The smallest absolute Gasteiger partial charge is 0.221 e. The number of fused-ring (bicyclic) bond motifs is 3. The highest BCUT2D eigenvalue weighted by atomic mass is 16.1. The molecule has 1 amide bonds. The number of carbonyl (C=O) groups is 1. The fraction of sp³-hybridized carbons (Fsp3) is 0.579. The summed E-state index contributed by atoms with van der Waals surface area (Å²) < 4.78 is 2.15. The maximum absolute atomic E-state index is 11.9. The summed E-state index contributed by atoms with van der Waals surface area (Å²) in [6.45, 7) is 4.29. The summed E-state index contributed by atoms with van der Waals surface area (Å²) >= 11 is 0. The monoisotopic (exact) mass is 367 g/mol. The maximum Gasteiger partial charge on any atom is 0.221 e. The van der Waals surface area contributed by atoms with Gasteiger partial charge in [-0.2, -0.15) is 5.10 Å². The topological polar surface area (TPSA) is 79.2 Å². The zero-order valence-corrected chi connectivity index (χ0v) is 15.4. The molecule has 0 unspecified atom stereocenters. The molecule has 3 aliphatic rings. The van der Waals surface area contributed by atoms with Crippen LogP contribution in [0.15, 0.2) is 24.7 Å². The van der Waals surface area contributed by atoms with Gasteiger partial charge in [-0.1, -0.05) is 0 Å². The van der Waals surface area contributed by atoms with Crippen molar-refractivity contribution >= 4 is 11.7 Å². The number of aryl methyl sites for hydroxylation is 1. The molecule has 5 rings (SSSR count). The summed E-state index contributed by atoms with van der Waals surface area (Å²) in [5.41, 5.74) is 2.33. The highest BCUT2D eigenvalue weighted by molar-refractivity contribution is 5.77. The summed E-state index contributed by atoms with van der Waals surface area (Å²) in [6.07, 6.45) is 9.21. The predicted molar refractivity (Wildman–Crippen MR) is 99.9 cm³/mol. The number of nitrogens with zero attached hydrogens (tertiary/aromatic N) is 6. The Morgan fingerprint density at radius 1 is 1.19 bits per heavy atom. The molecule has 2 bridgehead atoms. The van der Waals surface area contributed by atoms with Crippen molar-refractivity contribution in [2.24, 2.45) is 0 Å². The zero-order chi connectivity index (χ0) is 18.2. The molecular formula is C19H25N7O. The SMILES string of the molecule is O=C1C[C@@H]2CC[C@H](CN1)N2Cc1cc2n(n1)CCCN(c1cnccn1)C2. The van der Waals surface area contributed by atoms with Crippen LogP contribution >= 0.6 is 0 Å². The van der Waals surface area contributed by atoms with Crippen LogP contribution in [0.3, 0.4) is 0 Å². The maximum atomic E-state index is 11.9. The largest absolute Gasteiger partial charge is 0.354 e. The Labute approximate surface area is 158 Å². The molecule has 0 saturated carbocycles. The summed E-state index contributed by atoms with van der Waals surface area (Å²) in [7, 11) is 0. The molecule has 0 spiro atoms. The number of anilines is 1. The number of hydrogen-bond donors (Lipinski definition) is 1. The molecule has 8 nitrogen and oxygen atoms in total. The summed E-state index contributed by atoms with van der Waals surface area (Å²) in [4.78, 5) is 25.3. The normalized spacial score (nSPS) is 25.6. The van der Waals surface area contributed by atoms with Gasteiger partial charge in [-0.05, 0) is 25.3 Å². The van der Waals surface area contributed by atoms with Gasteiger partial charge in [0.15, 0.2) is 0 Å². The third-order valence-electron chi connectivity index (χ3n) is 6.01. The van der Waals surface area contributed by atoms with Gasteiger partial charge in [-0.15, -0.1) is 0 Å². The fourth-order valence-corrected chi connectivity index (χ4v) is 4.67. The number of aromatic nitrogens is 4. The van der Waals surface area contributed by atoms with E-state index in [1.54, 1.807) is 12.4 Å². The molecule has 0 radical (unpaired) electrons. The second-order valence-corrected chi connectivity index (χ2v) is 7.75. The highest BCUT2D eigenvalue weighted by Crippen LogP contribution is 2.30. The first-order valence-electron chi connectivity index (χ1n) is 9.85. The van der Waals surface area contributed by atoms with Crippen molar-refractivity contribution in [1.29, 1.82) is 0 Å². The highest BCUT2D eigenvalue weighted by Gasteiger charge is 2.37. The minimum atomic E-state index is 0.187. The van der Waals surface area contributed by atoms with Crippen molar-refractivity contribution in [2.75, 3.05) is 18.0 Å². The molecule has 0 aliphatic carbocycles. The molecule has 5 heterocycles. The molecule has 2 atom stereocenters. The molecule has 27 heavy (non-hydrogen) atoms. The number of carbonyl (C=O) groups excluding carboxylic acids is 1. The van der Waals surface area contributed by atoms with Gasteiger partial charge in [0.2, 0.25) is 5.91 Å². The van der Waals surface area contributed by atoms with E-state index < -0.39 is 0 Å². The lowest BCUT2D eigenvalue weighted by Gasteiger charge is -2.26. The van der Waals surface area contributed by atoms with Crippen molar-refractivity contribution < 1.29 is 4.79 Å². The Bertz CT molecular complexity index is 821. The first kappa shape index (κ1) is 16.7. The number of hydrogen-bond acceptors (Lipinski definition) is 6. The Balaban J connectivity index is 1.34. The number of amides is 1. The molecule has 8 heteroatoms. The molecule has 2 aromatic rings. The third-order valence-corrected chi connectivity index (χ3v) is 6.01. The van der Waals surface area contributed by atoms with Gasteiger partial charge in [-0.25, -0.2) is 4.98 Å². The standard InChI is InChI=1S/C19H25N7O/c27-19-9-15-2-3-16(10-22-19)25(15)12-14-8-17-13-24(6-1-7-26(17)23-14)18-11-20-4-5-21-18/h4-5,8,11,15-16H,1-3,6-7,9-10,12-13H2,(H,22,27)/t15-,16+/m0/s1. The van der Waals surface area contributed by atoms with Crippen LogP contribution in [0.4, 0.5) is 5.82 Å². The first-order chi connectivity index (χ1) is 13.3.